The van der Waals surface area contributed by atoms with Gasteiger partial charge in [-0.3, -0.25) is 0 Å². The summed E-state index contributed by atoms with van der Waals surface area (Å²) in [6, 6.07) is 17.6. The topological polar surface area (TPSA) is 67.0 Å². The summed E-state index contributed by atoms with van der Waals surface area (Å²) in [5.74, 6) is 0. The van der Waals surface area contributed by atoms with Gasteiger partial charge in [0.2, 0.25) is 0 Å². The van der Waals surface area contributed by atoms with E-state index in [4.69, 9.17) is 14.7 Å². The number of fused-ring (bicyclic) bond motifs is 3. The number of hydrogen-bond donors (Lipinski definition) is 0. The van der Waals surface area contributed by atoms with Gasteiger partial charge in [0, 0.05) is 17.1 Å². The van der Waals surface area contributed by atoms with Crippen molar-refractivity contribution < 1.29 is 4.74 Å². The second-order valence-corrected chi connectivity index (χ2v) is 8.50. The Morgan fingerprint density at radius 2 is 1.79 bits per heavy atom. The predicted molar refractivity (Wildman–Crippen MR) is 131 cm³/mol. The van der Waals surface area contributed by atoms with Crippen LogP contribution in [0, 0.1) is 32.1 Å². The maximum Gasteiger partial charge on any atom is 0.303 e. The quantitative estimate of drug-likeness (QED) is 0.394. The Hall–Kier alpha value is -3.85. The lowest BCUT2D eigenvalue weighted by atomic mass is 9.98. The first-order valence-electron chi connectivity index (χ1n) is 11.4. The lowest BCUT2D eigenvalue weighted by Crippen LogP contribution is -2.19. The second kappa shape index (κ2) is 8.25. The molecule has 3 heterocycles. The van der Waals surface area contributed by atoms with Crippen molar-refractivity contribution in [1.29, 1.82) is 5.26 Å². The van der Waals surface area contributed by atoms with Gasteiger partial charge < -0.3 is 9.64 Å². The fraction of sp³-hybridized carbons (Fsp3) is 0.296. The highest BCUT2D eigenvalue weighted by molar-refractivity contribution is 5.81. The van der Waals surface area contributed by atoms with E-state index in [0.717, 1.165) is 57.9 Å². The van der Waals surface area contributed by atoms with Crippen LogP contribution >= 0.6 is 0 Å². The number of hydrogen-bond acceptors (Lipinski definition) is 5. The molecule has 2 aromatic heterocycles. The molecule has 0 bridgehead atoms. The number of pyridine rings is 1. The highest BCUT2D eigenvalue weighted by atomic mass is 16.5. The Kier molecular flexibility index (Phi) is 5.26. The molecular formula is C27H27N5O. The molecule has 0 radical (unpaired) electrons. The fourth-order valence-corrected chi connectivity index (χ4v) is 4.94. The lowest BCUT2D eigenvalue weighted by molar-refractivity contribution is 0.309. The van der Waals surface area contributed by atoms with Crippen LogP contribution in [-0.4, -0.2) is 27.7 Å². The first kappa shape index (κ1) is 21.0. The van der Waals surface area contributed by atoms with Crippen molar-refractivity contribution >= 4 is 22.5 Å². The zero-order chi connectivity index (χ0) is 23.1. The van der Waals surface area contributed by atoms with Crippen LogP contribution in [0.15, 0.2) is 42.5 Å². The van der Waals surface area contributed by atoms with Gasteiger partial charge in [-0.1, -0.05) is 18.2 Å². The second-order valence-electron chi connectivity index (χ2n) is 8.50. The van der Waals surface area contributed by atoms with Gasteiger partial charge in [0.05, 0.1) is 18.4 Å². The van der Waals surface area contributed by atoms with Crippen molar-refractivity contribution in [3.8, 4) is 17.8 Å². The Morgan fingerprint density at radius 3 is 2.58 bits per heavy atom. The predicted octanol–water partition coefficient (Wildman–Crippen LogP) is 5.50. The zero-order valence-corrected chi connectivity index (χ0v) is 19.5. The van der Waals surface area contributed by atoms with Crippen molar-refractivity contribution in [2.75, 3.05) is 18.1 Å². The summed E-state index contributed by atoms with van der Waals surface area (Å²) in [7, 11) is 0. The summed E-state index contributed by atoms with van der Waals surface area (Å²) < 4.78 is 8.01. The summed E-state index contributed by atoms with van der Waals surface area (Å²) in [6.07, 6.45) is 1.82. The standard InChI is InChI=1S/C27H27N5O/c1-5-33-27-30-25-17(2)16-18(3)29-26(25)32(27)22-12-13-24-21(19(22)4)11-10-20-8-6-7-9-23(20)31(24)15-14-28/h6-9,12-13,16H,5,10-11,15H2,1-4H3. The molecule has 0 spiro atoms. The average Bonchev–Trinajstić information content (AvgIpc) is 3.06. The number of aryl methyl sites for hydroxylation is 3. The van der Waals surface area contributed by atoms with E-state index in [1.807, 2.05) is 24.5 Å². The molecule has 166 valence electrons. The van der Waals surface area contributed by atoms with Crippen molar-refractivity contribution in [3.05, 3.63) is 70.4 Å². The van der Waals surface area contributed by atoms with Crippen LogP contribution in [-0.2, 0) is 12.8 Å². The molecule has 6 nitrogen and oxygen atoms in total. The molecule has 0 aliphatic carbocycles. The number of imidazole rings is 1. The van der Waals surface area contributed by atoms with Crippen LogP contribution in [0.5, 0.6) is 6.01 Å². The molecule has 33 heavy (non-hydrogen) atoms. The van der Waals surface area contributed by atoms with Crippen molar-refractivity contribution in [1.82, 2.24) is 14.5 Å². The Labute approximate surface area is 194 Å². The third-order valence-electron chi connectivity index (χ3n) is 6.41. The van der Waals surface area contributed by atoms with E-state index in [1.54, 1.807) is 0 Å². The summed E-state index contributed by atoms with van der Waals surface area (Å²) >= 11 is 0. The van der Waals surface area contributed by atoms with Crippen LogP contribution in [0.3, 0.4) is 0 Å². The van der Waals surface area contributed by atoms with Crippen LogP contribution < -0.4 is 9.64 Å². The molecule has 5 rings (SSSR count). The molecule has 0 atom stereocenters. The SMILES string of the molecule is CCOc1nc2c(C)cc(C)nc2n1-c1ccc2c(c1C)CCc1ccccc1N2CC#N. The molecule has 0 saturated carbocycles. The molecule has 0 saturated heterocycles. The Morgan fingerprint density at radius 1 is 1.00 bits per heavy atom. The van der Waals surface area contributed by atoms with Crippen LogP contribution in [0.25, 0.3) is 16.9 Å². The number of ether oxygens (including phenoxy) is 1. The van der Waals surface area contributed by atoms with Gasteiger partial charge in [-0.05, 0) is 87.1 Å². The lowest BCUT2D eigenvalue weighted by Gasteiger charge is -2.26. The molecule has 0 N–H and O–H groups in total. The normalized spacial score (nSPS) is 12.8. The molecule has 1 aliphatic heterocycles. The molecule has 0 fully saturated rings. The molecule has 1 aliphatic rings. The minimum atomic E-state index is 0.306. The number of nitrogens with zero attached hydrogens (tertiary/aromatic N) is 5. The van der Waals surface area contributed by atoms with E-state index in [0.29, 0.717) is 19.2 Å². The number of benzene rings is 2. The Balaban J connectivity index is 1.75. The number of anilines is 2. The van der Waals surface area contributed by atoms with Crippen LogP contribution in [0.1, 0.15) is 34.9 Å². The summed E-state index contributed by atoms with van der Waals surface area (Å²) in [4.78, 5) is 11.8. The third kappa shape index (κ3) is 3.41. The van der Waals surface area contributed by atoms with E-state index >= 15 is 0 Å². The van der Waals surface area contributed by atoms with Gasteiger partial charge in [-0.15, -0.1) is 0 Å². The van der Waals surface area contributed by atoms with Gasteiger partial charge in [0.15, 0.2) is 5.65 Å². The number of aromatic nitrogens is 3. The maximum atomic E-state index is 9.57. The van der Waals surface area contributed by atoms with Crippen molar-refractivity contribution in [2.24, 2.45) is 0 Å². The first-order valence-corrected chi connectivity index (χ1v) is 11.4. The summed E-state index contributed by atoms with van der Waals surface area (Å²) in [5, 5.41) is 9.57. The highest BCUT2D eigenvalue weighted by Crippen LogP contribution is 2.40. The minimum absolute atomic E-state index is 0.306. The van der Waals surface area contributed by atoms with Crippen LogP contribution in [0.2, 0.25) is 0 Å². The number of para-hydroxylation sites is 1. The van der Waals surface area contributed by atoms with Gasteiger partial charge in [-0.25, -0.2) is 9.55 Å². The molecule has 2 aromatic carbocycles. The smallest absolute Gasteiger partial charge is 0.303 e. The average molecular weight is 438 g/mol. The summed E-state index contributed by atoms with van der Waals surface area (Å²) in [6.45, 7) is 9.02. The van der Waals surface area contributed by atoms with E-state index < -0.39 is 0 Å². The monoisotopic (exact) mass is 437 g/mol. The van der Waals surface area contributed by atoms with E-state index in [1.165, 1.54) is 11.1 Å². The molecule has 6 heteroatoms. The number of nitriles is 1. The summed E-state index contributed by atoms with van der Waals surface area (Å²) in [5.41, 5.74) is 10.6. The third-order valence-corrected chi connectivity index (χ3v) is 6.41. The molecule has 0 unspecified atom stereocenters. The number of rotatable bonds is 4. The van der Waals surface area contributed by atoms with Crippen LogP contribution in [0.4, 0.5) is 11.4 Å². The molecule has 4 aromatic rings. The molecular weight excluding hydrogens is 410 g/mol. The van der Waals surface area contributed by atoms with Gasteiger partial charge in [0.1, 0.15) is 12.1 Å². The van der Waals surface area contributed by atoms with Gasteiger partial charge >= 0.3 is 6.01 Å². The highest BCUT2D eigenvalue weighted by Gasteiger charge is 2.25. The van der Waals surface area contributed by atoms with E-state index in [2.05, 4.69) is 61.2 Å². The minimum Gasteiger partial charge on any atom is -0.465 e. The zero-order valence-electron chi connectivity index (χ0n) is 19.5. The van der Waals surface area contributed by atoms with Gasteiger partial charge in [-0.2, -0.15) is 10.2 Å². The van der Waals surface area contributed by atoms with Gasteiger partial charge in [0.25, 0.3) is 0 Å². The fourth-order valence-electron chi connectivity index (χ4n) is 4.94. The molecule has 0 amide bonds. The van der Waals surface area contributed by atoms with Crippen molar-refractivity contribution in [2.45, 2.75) is 40.5 Å². The largest absolute Gasteiger partial charge is 0.465 e. The van der Waals surface area contributed by atoms with E-state index in [9.17, 15) is 5.26 Å². The first-order chi connectivity index (χ1) is 16.0. The van der Waals surface area contributed by atoms with E-state index in [-0.39, 0.29) is 0 Å². The Bertz CT molecular complexity index is 1410. The maximum absolute atomic E-state index is 9.57. The van der Waals surface area contributed by atoms with Crippen molar-refractivity contribution in [3.63, 3.8) is 0 Å².